The van der Waals surface area contributed by atoms with Crippen LogP contribution in [0, 0.1) is 17.1 Å². The fourth-order valence-corrected chi connectivity index (χ4v) is 3.74. The van der Waals surface area contributed by atoms with Crippen LogP contribution in [0.25, 0.3) is 22.0 Å². The first-order chi connectivity index (χ1) is 13.3. The number of halogens is 4. The van der Waals surface area contributed by atoms with E-state index in [9.17, 15) is 22.8 Å². The number of benzene rings is 2. The lowest BCUT2D eigenvalue weighted by molar-refractivity contribution is -0.148. The Morgan fingerprint density at radius 3 is 2.54 bits per heavy atom. The number of fused-ring (bicyclic) bond motifs is 1. The van der Waals surface area contributed by atoms with E-state index in [0.29, 0.717) is 16.5 Å². The average Bonchev–Trinajstić information content (AvgIpc) is 2.97. The van der Waals surface area contributed by atoms with Crippen molar-refractivity contribution < 1.29 is 17.6 Å². The van der Waals surface area contributed by atoms with Crippen LogP contribution in [0.5, 0.6) is 0 Å². The predicted octanol–water partition coefficient (Wildman–Crippen LogP) is 5.61. The number of hydrogen-bond donors (Lipinski definition) is 1. The van der Waals surface area contributed by atoms with Gasteiger partial charge in [-0.2, -0.15) is 18.4 Å². The topological polar surface area (TPSA) is 54.7 Å². The van der Waals surface area contributed by atoms with Crippen molar-refractivity contribution in [1.82, 2.24) is 4.57 Å². The molecule has 1 aromatic heterocycles. The molecule has 0 saturated heterocycles. The van der Waals surface area contributed by atoms with Crippen LogP contribution in [-0.4, -0.2) is 10.7 Å². The van der Waals surface area contributed by atoms with Gasteiger partial charge in [0.05, 0.1) is 11.6 Å². The van der Waals surface area contributed by atoms with E-state index in [-0.39, 0.29) is 22.7 Å². The molecular weight excluding hydrogens is 370 g/mol. The second kappa shape index (κ2) is 6.64. The molecule has 0 radical (unpaired) electrons. The number of hydrogen-bond acceptors (Lipinski definition) is 2. The van der Waals surface area contributed by atoms with Crippen LogP contribution < -0.4 is 5.73 Å². The van der Waals surface area contributed by atoms with Gasteiger partial charge in [-0.25, -0.2) is 4.39 Å². The molecular formula is C21H17F4N3. The number of rotatable bonds is 3. The molecule has 0 bridgehead atoms. The van der Waals surface area contributed by atoms with Crippen LogP contribution >= 0.6 is 0 Å². The van der Waals surface area contributed by atoms with Crippen molar-refractivity contribution in [2.24, 2.45) is 5.73 Å². The van der Waals surface area contributed by atoms with Gasteiger partial charge in [0.25, 0.3) is 0 Å². The minimum atomic E-state index is -4.56. The zero-order chi connectivity index (χ0) is 20.1. The normalized spacial score (nSPS) is 16.0. The molecule has 2 N–H and O–H groups in total. The fraction of sp³-hybridized carbons (Fsp3) is 0.286. The summed E-state index contributed by atoms with van der Waals surface area (Å²) in [7, 11) is 0. The van der Waals surface area contributed by atoms with Gasteiger partial charge in [0, 0.05) is 34.3 Å². The van der Waals surface area contributed by atoms with E-state index < -0.39 is 18.0 Å². The molecule has 1 heterocycles. The SMILES string of the molecule is N#Cc1cccc(F)c1-c1ccc2c([C@H](N)C(F)(F)F)cn(C3CCC3)c2c1. The Labute approximate surface area is 159 Å². The van der Waals surface area contributed by atoms with Crippen LogP contribution in [0.2, 0.25) is 0 Å². The maximum Gasteiger partial charge on any atom is 0.407 e. The zero-order valence-corrected chi connectivity index (χ0v) is 14.8. The Balaban J connectivity index is 1.94. The maximum atomic E-state index is 14.4. The molecule has 4 rings (SSSR count). The minimum absolute atomic E-state index is 0.00925. The molecule has 7 heteroatoms. The Bertz CT molecular complexity index is 1090. The standard InChI is InChI=1S/C21H17F4N3/c22-17-6-1-3-13(10-26)19(17)12-7-8-15-16(20(27)21(23,24)25)11-28(18(15)9-12)14-4-2-5-14/h1,3,6-9,11,14,20H,2,4-5,27H2/t20-/m0/s1. The zero-order valence-electron chi connectivity index (χ0n) is 14.8. The summed E-state index contributed by atoms with van der Waals surface area (Å²) in [5.74, 6) is -0.549. The third-order valence-corrected chi connectivity index (χ3v) is 5.44. The first-order valence-corrected chi connectivity index (χ1v) is 8.97. The van der Waals surface area contributed by atoms with E-state index in [1.165, 1.54) is 30.5 Å². The Morgan fingerprint density at radius 2 is 1.93 bits per heavy atom. The number of nitrogens with two attached hydrogens (primary N) is 1. The van der Waals surface area contributed by atoms with Crippen molar-refractivity contribution >= 4 is 10.9 Å². The number of aromatic nitrogens is 1. The molecule has 3 aromatic rings. The van der Waals surface area contributed by atoms with E-state index in [1.807, 2.05) is 10.6 Å². The van der Waals surface area contributed by atoms with Crippen molar-refractivity contribution in [3.05, 3.63) is 59.5 Å². The van der Waals surface area contributed by atoms with Gasteiger partial charge < -0.3 is 10.3 Å². The predicted molar refractivity (Wildman–Crippen MR) is 97.9 cm³/mol. The van der Waals surface area contributed by atoms with E-state index in [4.69, 9.17) is 5.73 Å². The monoisotopic (exact) mass is 387 g/mol. The third kappa shape index (κ3) is 2.94. The summed E-state index contributed by atoms with van der Waals surface area (Å²) in [5, 5.41) is 9.71. The molecule has 0 aliphatic heterocycles. The lowest BCUT2D eigenvalue weighted by Gasteiger charge is -2.28. The van der Waals surface area contributed by atoms with E-state index in [2.05, 4.69) is 0 Å². The highest BCUT2D eigenvalue weighted by molar-refractivity contribution is 5.90. The van der Waals surface area contributed by atoms with Gasteiger partial charge in [0.1, 0.15) is 11.9 Å². The molecule has 144 valence electrons. The quantitative estimate of drug-likeness (QED) is 0.594. The molecule has 0 unspecified atom stereocenters. The van der Waals surface area contributed by atoms with E-state index in [0.717, 1.165) is 19.3 Å². The highest BCUT2D eigenvalue weighted by Gasteiger charge is 2.40. The molecule has 0 spiro atoms. The molecule has 3 nitrogen and oxygen atoms in total. The van der Waals surface area contributed by atoms with E-state index >= 15 is 0 Å². The largest absolute Gasteiger partial charge is 0.407 e. The Morgan fingerprint density at radius 1 is 1.18 bits per heavy atom. The summed E-state index contributed by atoms with van der Waals surface area (Å²) >= 11 is 0. The van der Waals surface area contributed by atoms with Gasteiger partial charge in [-0.15, -0.1) is 0 Å². The number of alkyl halides is 3. The minimum Gasteiger partial charge on any atom is -0.344 e. The van der Waals surface area contributed by atoms with Crippen LogP contribution in [0.3, 0.4) is 0 Å². The van der Waals surface area contributed by atoms with Gasteiger partial charge in [-0.05, 0) is 43.0 Å². The average molecular weight is 387 g/mol. The van der Waals surface area contributed by atoms with Crippen molar-refractivity contribution in [1.29, 1.82) is 5.26 Å². The molecule has 1 fully saturated rings. The summed E-state index contributed by atoms with van der Waals surface area (Å²) in [6, 6.07) is 8.93. The second-order valence-electron chi connectivity index (χ2n) is 7.10. The first kappa shape index (κ1) is 18.5. The summed E-state index contributed by atoms with van der Waals surface area (Å²) in [4.78, 5) is 0. The molecule has 1 saturated carbocycles. The number of nitrogens with zero attached hydrogens (tertiary/aromatic N) is 2. The lowest BCUT2D eigenvalue weighted by Crippen LogP contribution is -2.28. The van der Waals surface area contributed by atoms with Crippen molar-refractivity contribution in [2.45, 2.75) is 37.5 Å². The highest BCUT2D eigenvalue weighted by atomic mass is 19.4. The van der Waals surface area contributed by atoms with Crippen molar-refractivity contribution in [3.8, 4) is 17.2 Å². The Kier molecular flexibility index (Phi) is 4.39. The van der Waals surface area contributed by atoms with Crippen LogP contribution in [-0.2, 0) is 0 Å². The first-order valence-electron chi connectivity index (χ1n) is 8.97. The molecule has 1 aliphatic carbocycles. The van der Waals surface area contributed by atoms with Crippen LogP contribution in [0.4, 0.5) is 17.6 Å². The third-order valence-electron chi connectivity index (χ3n) is 5.44. The van der Waals surface area contributed by atoms with Gasteiger partial charge in [-0.3, -0.25) is 0 Å². The number of nitriles is 1. The summed E-state index contributed by atoms with van der Waals surface area (Å²) < 4.78 is 56.0. The van der Waals surface area contributed by atoms with Crippen LogP contribution in [0.15, 0.2) is 42.6 Å². The maximum absolute atomic E-state index is 14.4. The highest BCUT2D eigenvalue weighted by Crippen LogP contribution is 2.41. The van der Waals surface area contributed by atoms with Gasteiger partial charge >= 0.3 is 6.18 Å². The molecule has 1 aliphatic rings. The lowest BCUT2D eigenvalue weighted by atomic mass is 9.92. The van der Waals surface area contributed by atoms with Gasteiger partial charge in [0.15, 0.2) is 0 Å². The van der Waals surface area contributed by atoms with Crippen molar-refractivity contribution in [3.63, 3.8) is 0 Å². The smallest absolute Gasteiger partial charge is 0.344 e. The van der Waals surface area contributed by atoms with Crippen molar-refractivity contribution in [2.75, 3.05) is 0 Å². The molecule has 1 atom stereocenters. The summed E-state index contributed by atoms with van der Waals surface area (Å²) in [6.45, 7) is 0. The summed E-state index contributed by atoms with van der Waals surface area (Å²) in [5.41, 5.74) is 6.85. The molecule has 2 aromatic carbocycles. The fourth-order valence-electron chi connectivity index (χ4n) is 3.74. The second-order valence-corrected chi connectivity index (χ2v) is 7.10. The Hall–Kier alpha value is -2.85. The van der Waals surface area contributed by atoms with Gasteiger partial charge in [-0.1, -0.05) is 18.2 Å². The molecule has 28 heavy (non-hydrogen) atoms. The summed E-state index contributed by atoms with van der Waals surface area (Å²) in [6.07, 6.45) is -0.327. The van der Waals surface area contributed by atoms with E-state index in [1.54, 1.807) is 12.1 Å². The van der Waals surface area contributed by atoms with Crippen LogP contribution in [0.1, 0.15) is 42.5 Å². The van der Waals surface area contributed by atoms with Gasteiger partial charge in [0.2, 0.25) is 0 Å². The molecule has 0 amide bonds.